The molecule has 0 atom stereocenters. The molecule has 0 spiro atoms. The molecule has 0 aromatic heterocycles. The number of carbonyl (C=O) groups excluding carboxylic acids is 1. The Bertz CT molecular complexity index is 634. The summed E-state index contributed by atoms with van der Waals surface area (Å²) in [4.78, 5) is 11.8. The lowest BCUT2D eigenvalue weighted by Gasteiger charge is -2.12. The number of hydrogen-bond acceptors (Lipinski definition) is 4. The number of rotatable bonds is 4. The number of aryl methyl sites for hydroxylation is 1. The molecule has 0 aliphatic rings. The van der Waals surface area contributed by atoms with E-state index in [0.717, 1.165) is 11.4 Å². The zero-order valence-electron chi connectivity index (χ0n) is 12.5. The van der Waals surface area contributed by atoms with Crippen LogP contribution in [0.3, 0.4) is 0 Å². The number of anilines is 3. The summed E-state index contributed by atoms with van der Waals surface area (Å²) in [5.74, 6) is -0.362. The van der Waals surface area contributed by atoms with Gasteiger partial charge in [-0.2, -0.15) is 0 Å². The van der Waals surface area contributed by atoms with Crippen molar-refractivity contribution in [1.82, 2.24) is 0 Å². The second-order valence-corrected chi connectivity index (χ2v) is 5.25. The first kappa shape index (κ1) is 14.9. The van der Waals surface area contributed by atoms with Crippen molar-refractivity contribution in [2.45, 2.75) is 26.9 Å². The Kier molecular flexibility index (Phi) is 4.48. The van der Waals surface area contributed by atoms with Gasteiger partial charge < -0.3 is 15.8 Å². The van der Waals surface area contributed by atoms with E-state index in [4.69, 9.17) is 10.5 Å². The predicted octanol–water partition coefficient (Wildman–Crippen LogP) is 3.89. The van der Waals surface area contributed by atoms with Crippen LogP contribution in [0.2, 0.25) is 0 Å². The summed E-state index contributed by atoms with van der Waals surface area (Å²) in [5.41, 5.74) is 9.87. The molecule has 2 aromatic carbocycles. The standard InChI is InChI=1S/C17H20N2O2/c1-11(2)21-17(20)13-6-9-16(15(18)10-13)19-14-7-4-12(3)5-8-14/h4-11,19H,18H2,1-3H3. The quantitative estimate of drug-likeness (QED) is 0.660. The van der Waals surface area contributed by atoms with E-state index in [0.29, 0.717) is 11.3 Å². The largest absolute Gasteiger partial charge is 0.459 e. The average molecular weight is 284 g/mol. The zero-order chi connectivity index (χ0) is 15.4. The van der Waals surface area contributed by atoms with Crippen molar-refractivity contribution in [3.8, 4) is 0 Å². The van der Waals surface area contributed by atoms with Crippen LogP contribution in [0.15, 0.2) is 42.5 Å². The van der Waals surface area contributed by atoms with Crippen molar-refractivity contribution in [3.63, 3.8) is 0 Å². The highest BCUT2D eigenvalue weighted by Gasteiger charge is 2.11. The Labute approximate surface area is 124 Å². The highest BCUT2D eigenvalue weighted by atomic mass is 16.5. The maximum Gasteiger partial charge on any atom is 0.338 e. The molecule has 2 aromatic rings. The number of esters is 1. The molecule has 3 N–H and O–H groups in total. The van der Waals surface area contributed by atoms with Gasteiger partial charge in [0, 0.05) is 5.69 Å². The average Bonchev–Trinajstić information content (AvgIpc) is 2.42. The second kappa shape index (κ2) is 6.31. The van der Waals surface area contributed by atoms with Gasteiger partial charge >= 0.3 is 5.97 Å². The zero-order valence-corrected chi connectivity index (χ0v) is 12.5. The molecule has 2 rings (SSSR count). The molecule has 21 heavy (non-hydrogen) atoms. The van der Waals surface area contributed by atoms with Crippen molar-refractivity contribution in [2.75, 3.05) is 11.1 Å². The lowest BCUT2D eigenvalue weighted by Crippen LogP contribution is -2.12. The highest BCUT2D eigenvalue weighted by molar-refractivity contribution is 5.92. The molecule has 0 amide bonds. The van der Waals surface area contributed by atoms with E-state index in [2.05, 4.69) is 5.32 Å². The number of hydrogen-bond donors (Lipinski definition) is 2. The minimum absolute atomic E-state index is 0.149. The summed E-state index contributed by atoms with van der Waals surface area (Å²) in [7, 11) is 0. The van der Waals surface area contributed by atoms with Crippen LogP contribution in [0.1, 0.15) is 29.8 Å². The monoisotopic (exact) mass is 284 g/mol. The molecular formula is C17H20N2O2. The van der Waals surface area contributed by atoms with Gasteiger partial charge in [0.05, 0.1) is 23.0 Å². The summed E-state index contributed by atoms with van der Waals surface area (Å²) in [6.45, 7) is 5.66. The summed E-state index contributed by atoms with van der Waals surface area (Å²) in [6, 6.07) is 13.1. The van der Waals surface area contributed by atoms with E-state index >= 15 is 0 Å². The van der Waals surface area contributed by atoms with Gasteiger partial charge in [-0.25, -0.2) is 4.79 Å². The van der Waals surface area contributed by atoms with Crippen LogP contribution in [0.5, 0.6) is 0 Å². The molecule has 0 fully saturated rings. The molecule has 0 unspecified atom stereocenters. The van der Waals surface area contributed by atoms with Crippen LogP contribution in [-0.2, 0) is 4.74 Å². The van der Waals surface area contributed by atoms with Crippen LogP contribution in [0.4, 0.5) is 17.1 Å². The third-order valence-electron chi connectivity index (χ3n) is 2.96. The van der Waals surface area contributed by atoms with Crippen molar-refractivity contribution in [1.29, 1.82) is 0 Å². The van der Waals surface area contributed by atoms with E-state index in [1.54, 1.807) is 18.2 Å². The van der Waals surface area contributed by atoms with Crippen LogP contribution < -0.4 is 11.1 Å². The molecule has 4 nitrogen and oxygen atoms in total. The lowest BCUT2D eigenvalue weighted by atomic mass is 10.1. The van der Waals surface area contributed by atoms with Gasteiger partial charge in [-0.05, 0) is 51.1 Å². The number of carbonyl (C=O) groups is 1. The number of nitrogens with two attached hydrogens (primary N) is 1. The predicted molar refractivity (Wildman–Crippen MR) is 85.9 cm³/mol. The Morgan fingerprint density at radius 1 is 1.14 bits per heavy atom. The van der Waals surface area contributed by atoms with E-state index in [1.165, 1.54) is 5.56 Å². The Hall–Kier alpha value is -2.49. The maximum absolute atomic E-state index is 11.8. The van der Waals surface area contributed by atoms with E-state index in [9.17, 15) is 4.79 Å². The number of nitrogen functional groups attached to an aromatic ring is 1. The first-order valence-corrected chi connectivity index (χ1v) is 6.90. The summed E-state index contributed by atoms with van der Waals surface area (Å²) >= 11 is 0. The van der Waals surface area contributed by atoms with Crippen LogP contribution >= 0.6 is 0 Å². The summed E-state index contributed by atoms with van der Waals surface area (Å²) < 4.78 is 5.15. The Balaban J connectivity index is 2.15. The topological polar surface area (TPSA) is 64.3 Å². The molecule has 110 valence electrons. The van der Waals surface area contributed by atoms with E-state index < -0.39 is 0 Å². The first-order chi connectivity index (χ1) is 9.95. The van der Waals surface area contributed by atoms with Gasteiger partial charge in [0.25, 0.3) is 0 Å². The molecule has 0 saturated heterocycles. The van der Waals surface area contributed by atoms with Crippen LogP contribution in [0.25, 0.3) is 0 Å². The minimum Gasteiger partial charge on any atom is -0.459 e. The van der Waals surface area contributed by atoms with Crippen molar-refractivity contribution < 1.29 is 9.53 Å². The molecule has 0 aliphatic heterocycles. The van der Waals surface area contributed by atoms with Gasteiger partial charge in [0.1, 0.15) is 0 Å². The molecule has 0 saturated carbocycles. The Morgan fingerprint density at radius 3 is 2.38 bits per heavy atom. The second-order valence-electron chi connectivity index (χ2n) is 5.25. The minimum atomic E-state index is -0.362. The summed E-state index contributed by atoms with van der Waals surface area (Å²) in [6.07, 6.45) is -0.149. The highest BCUT2D eigenvalue weighted by Crippen LogP contribution is 2.24. The van der Waals surface area contributed by atoms with Crippen molar-refractivity contribution in [2.24, 2.45) is 0 Å². The number of benzene rings is 2. The van der Waals surface area contributed by atoms with E-state index in [1.807, 2.05) is 45.0 Å². The third kappa shape index (κ3) is 3.99. The molecular weight excluding hydrogens is 264 g/mol. The fraction of sp³-hybridized carbons (Fsp3) is 0.235. The third-order valence-corrected chi connectivity index (χ3v) is 2.96. The molecule has 0 bridgehead atoms. The SMILES string of the molecule is Cc1ccc(Nc2ccc(C(=O)OC(C)C)cc2N)cc1. The van der Waals surface area contributed by atoms with Gasteiger partial charge in [0.2, 0.25) is 0 Å². The van der Waals surface area contributed by atoms with Crippen molar-refractivity contribution in [3.05, 3.63) is 53.6 Å². The van der Waals surface area contributed by atoms with Crippen LogP contribution in [0, 0.1) is 6.92 Å². The number of nitrogens with one attached hydrogen (secondary N) is 1. The fourth-order valence-corrected chi connectivity index (χ4v) is 1.88. The van der Waals surface area contributed by atoms with Gasteiger partial charge in [-0.15, -0.1) is 0 Å². The molecule has 0 heterocycles. The maximum atomic E-state index is 11.8. The van der Waals surface area contributed by atoms with Crippen molar-refractivity contribution >= 4 is 23.0 Å². The van der Waals surface area contributed by atoms with E-state index in [-0.39, 0.29) is 12.1 Å². The van der Waals surface area contributed by atoms with Gasteiger partial charge in [-0.1, -0.05) is 17.7 Å². The van der Waals surface area contributed by atoms with Gasteiger partial charge in [0.15, 0.2) is 0 Å². The smallest absolute Gasteiger partial charge is 0.338 e. The van der Waals surface area contributed by atoms with Gasteiger partial charge in [-0.3, -0.25) is 0 Å². The Morgan fingerprint density at radius 2 is 1.81 bits per heavy atom. The fourth-order valence-electron chi connectivity index (χ4n) is 1.88. The summed E-state index contributed by atoms with van der Waals surface area (Å²) in [5, 5.41) is 3.23. The number of ether oxygens (including phenoxy) is 1. The van der Waals surface area contributed by atoms with Crippen LogP contribution in [-0.4, -0.2) is 12.1 Å². The first-order valence-electron chi connectivity index (χ1n) is 6.90. The normalized spacial score (nSPS) is 10.5. The lowest BCUT2D eigenvalue weighted by molar-refractivity contribution is 0.0378. The molecule has 4 heteroatoms. The molecule has 0 aliphatic carbocycles. The molecule has 0 radical (unpaired) electrons.